The maximum Gasteiger partial charge on any atom is 0.0758 e. The first kappa shape index (κ1) is 9.30. The van der Waals surface area contributed by atoms with Gasteiger partial charge in [-0.25, -0.2) is 0 Å². The molecule has 1 N–H and O–H groups in total. The third-order valence-electron chi connectivity index (χ3n) is 1.63. The molecule has 0 aliphatic heterocycles. The smallest absolute Gasteiger partial charge is 0.0758 e. The summed E-state index contributed by atoms with van der Waals surface area (Å²) in [6, 6.07) is 7.42. The molecule has 0 fully saturated rings. The Balaban J connectivity index is 2.64. The molecule has 0 spiro atoms. The molecular weight excluding hydrogens is 172 g/mol. The average Bonchev–Trinajstić information content (AvgIpc) is 2.09. The SMILES string of the molecule is C=CC(O)Cc1ccc(Cl)cc1. The van der Waals surface area contributed by atoms with Gasteiger partial charge in [-0.1, -0.05) is 29.8 Å². The molecule has 0 saturated carbocycles. The fraction of sp³-hybridized carbons (Fsp3) is 0.200. The van der Waals surface area contributed by atoms with E-state index in [1.165, 1.54) is 6.08 Å². The van der Waals surface area contributed by atoms with Gasteiger partial charge in [-0.15, -0.1) is 6.58 Å². The average molecular weight is 183 g/mol. The molecule has 0 heterocycles. The minimum absolute atomic E-state index is 0.467. The number of aliphatic hydroxyl groups excluding tert-OH is 1. The van der Waals surface area contributed by atoms with Crippen LogP contribution >= 0.6 is 11.6 Å². The Kier molecular flexibility index (Phi) is 3.32. The molecule has 1 aromatic rings. The Morgan fingerprint density at radius 2 is 2.00 bits per heavy atom. The van der Waals surface area contributed by atoms with Crippen molar-refractivity contribution in [2.75, 3.05) is 0 Å². The van der Waals surface area contributed by atoms with E-state index in [0.717, 1.165) is 5.56 Å². The Labute approximate surface area is 77.3 Å². The van der Waals surface area contributed by atoms with E-state index in [1.807, 2.05) is 24.3 Å². The standard InChI is InChI=1S/C10H11ClO/c1-2-10(12)7-8-3-5-9(11)6-4-8/h2-6,10,12H,1,7H2. The van der Waals surface area contributed by atoms with Gasteiger partial charge < -0.3 is 5.11 Å². The van der Waals surface area contributed by atoms with E-state index in [9.17, 15) is 5.11 Å². The molecule has 0 aliphatic rings. The topological polar surface area (TPSA) is 20.2 Å². The van der Waals surface area contributed by atoms with Gasteiger partial charge in [-0.3, -0.25) is 0 Å². The van der Waals surface area contributed by atoms with Crippen molar-refractivity contribution in [1.82, 2.24) is 0 Å². The van der Waals surface area contributed by atoms with Gasteiger partial charge in [-0.2, -0.15) is 0 Å². The molecule has 2 heteroatoms. The fourth-order valence-electron chi connectivity index (χ4n) is 0.945. The van der Waals surface area contributed by atoms with Gasteiger partial charge in [0.05, 0.1) is 6.10 Å². The predicted octanol–water partition coefficient (Wildman–Crippen LogP) is 2.43. The van der Waals surface area contributed by atoms with Crippen LogP contribution < -0.4 is 0 Å². The van der Waals surface area contributed by atoms with E-state index >= 15 is 0 Å². The van der Waals surface area contributed by atoms with Crippen molar-refractivity contribution >= 4 is 11.6 Å². The van der Waals surface area contributed by atoms with E-state index in [1.54, 1.807) is 0 Å². The van der Waals surface area contributed by atoms with Gasteiger partial charge in [-0.05, 0) is 17.7 Å². The fourth-order valence-corrected chi connectivity index (χ4v) is 1.07. The number of hydrogen-bond acceptors (Lipinski definition) is 1. The molecule has 1 nitrogen and oxygen atoms in total. The Morgan fingerprint density at radius 3 is 2.50 bits per heavy atom. The highest BCUT2D eigenvalue weighted by Crippen LogP contribution is 2.11. The van der Waals surface area contributed by atoms with Crippen LogP contribution in [0.3, 0.4) is 0 Å². The first-order valence-corrected chi connectivity index (χ1v) is 4.15. The molecule has 1 aromatic carbocycles. The van der Waals surface area contributed by atoms with Gasteiger partial charge in [0.2, 0.25) is 0 Å². The largest absolute Gasteiger partial charge is 0.389 e. The van der Waals surface area contributed by atoms with E-state index in [4.69, 9.17) is 11.6 Å². The molecular formula is C10H11ClO. The summed E-state index contributed by atoms with van der Waals surface area (Å²) in [5.41, 5.74) is 1.06. The summed E-state index contributed by atoms with van der Waals surface area (Å²) in [6.07, 6.45) is 1.65. The van der Waals surface area contributed by atoms with Crippen LogP contribution in [0, 0.1) is 0 Å². The molecule has 1 unspecified atom stereocenters. The summed E-state index contributed by atoms with van der Waals surface area (Å²) in [7, 11) is 0. The highest BCUT2D eigenvalue weighted by molar-refractivity contribution is 6.30. The second-order valence-corrected chi connectivity index (χ2v) is 3.07. The number of rotatable bonds is 3. The Hall–Kier alpha value is -0.790. The van der Waals surface area contributed by atoms with Gasteiger partial charge in [0, 0.05) is 11.4 Å². The summed E-state index contributed by atoms with van der Waals surface area (Å²) >= 11 is 5.70. The molecule has 0 saturated heterocycles. The lowest BCUT2D eigenvalue weighted by Gasteiger charge is -2.04. The molecule has 1 rings (SSSR count). The van der Waals surface area contributed by atoms with Crippen molar-refractivity contribution in [1.29, 1.82) is 0 Å². The van der Waals surface area contributed by atoms with Crippen molar-refractivity contribution in [3.05, 3.63) is 47.5 Å². The van der Waals surface area contributed by atoms with E-state index < -0.39 is 6.10 Å². The zero-order chi connectivity index (χ0) is 8.97. The monoisotopic (exact) mass is 182 g/mol. The van der Waals surface area contributed by atoms with Crippen molar-refractivity contribution in [2.24, 2.45) is 0 Å². The summed E-state index contributed by atoms with van der Waals surface area (Å²) in [5.74, 6) is 0. The Bertz CT molecular complexity index is 253. The highest BCUT2D eigenvalue weighted by atomic mass is 35.5. The number of hydrogen-bond donors (Lipinski definition) is 1. The lowest BCUT2D eigenvalue weighted by Crippen LogP contribution is -2.05. The van der Waals surface area contributed by atoms with Gasteiger partial charge >= 0.3 is 0 Å². The summed E-state index contributed by atoms with van der Waals surface area (Å²) in [6.45, 7) is 3.50. The maximum atomic E-state index is 9.23. The normalized spacial score (nSPS) is 12.5. The zero-order valence-corrected chi connectivity index (χ0v) is 7.46. The molecule has 0 bridgehead atoms. The van der Waals surface area contributed by atoms with E-state index in [0.29, 0.717) is 11.4 Å². The minimum atomic E-state index is -0.467. The highest BCUT2D eigenvalue weighted by Gasteiger charge is 1.99. The van der Waals surface area contributed by atoms with E-state index in [2.05, 4.69) is 6.58 Å². The van der Waals surface area contributed by atoms with Gasteiger partial charge in [0.1, 0.15) is 0 Å². The first-order chi connectivity index (χ1) is 5.72. The zero-order valence-electron chi connectivity index (χ0n) is 6.70. The quantitative estimate of drug-likeness (QED) is 0.712. The third-order valence-corrected chi connectivity index (χ3v) is 1.88. The summed E-state index contributed by atoms with van der Waals surface area (Å²) < 4.78 is 0. The number of halogens is 1. The van der Waals surface area contributed by atoms with Crippen LogP contribution in [0.2, 0.25) is 5.02 Å². The van der Waals surface area contributed by atoms with Crippen molar-refractivity contribution in [2.45, 2.75) is 12.5 Å². The minimum Gasteiger partial charge on any atom is -0.389 e. The van der Waals surface area contributed by atoms with Crippen LogP contribution in [-0.2, 0) is 6.42 Å². The van der Waals surface area contributed by atoms with Gasteiger partial charge in [0.25, 0.3) is 0 Å². The lowest BCUT2D eigenvalue weighted by atomic mass is 10.1. The second-order valence-electron chi connectivity index (χ2n) is 2.63. The van der Waals surface area contributed by atoms with Crippen LogP contribution in [0.4, 0.5) is 0 Å². The van der Waals surface area contributed by atoms with Crippen molar-refractivity contribution in [3.63, 3.8) is 0 Å². The maximum absolute atomic E-state index is 9.23. The second kappa shape index (κ2) is 4.29. The van der Waals surface area contributed by atoms with Gasteiger partial charge in [0.15, 0.2) is 0 Å². The van der Waals surface area contributed by atoms with Crippen LogP contribution in [0.25, 0.3) is 0 Å². The lowest BCUT2D eigenvalue weighted by molar-refractivity contribution is 0.224. The molecule has 12 heavy (non-hydrogen) atoms. The van der Waals surface area contributed by atoms with Crippen LogP contribution in [0.5, 0.6) is 0 Å². The van der Waals surface area contributed by atoms with Crippen LogP contribution in [0.1, 0.15) is 5.56 Å². The summed E-state index contributed by atoms with van der Waals surface area (Å²) in [5, 5.41) is 9.94. The molecule has 0 aliphatic carbocycles. The summed E-state index contributed by atoms with van der Waals surface area (Å²) in [4.78, 5) is 0. The third kappa shape index (κ3) is 2.68. The van der Waals surface area contributed by atoms with Crippen LogP contribution in [0.15, 0.2) is 36.9 Å². The van der Waals surface area contributed by atoms with Crippen molar-refractivity contribution in [3.8, 4) is 0 Å². The molecule has 64 valence electrons. The molecule has 0 amide bonds. The Morgan fingerprint density at radius 1 is 1.42 bits per heavy atom. The van der Waals surface area contributed by atoms with Crippen LogP contribution in [-0.4, -0.2) is 11.2 Å². The predicted molar refractivity (Wildman–Crippen MR) is 51.4 cm³/mol. The van der Waals surface area contributed by atoms with Crippen molar-refractivity contribution < 1.29 is 5.11 Å². The van der Waals surface area contributed by atoms with E-state index in [-0.39, 0.29) is 0 Å². The molecule has 1 atom stereocenters. The number of aliphatic hydroxyl groups is 1. The first-order valence-electron chi connectivity index (χ1n) is 3.77. The molecule has 0 aromatic heterocycles. The number of benzene rings is 1. The molecule has 0 radical (unpaired) electrons.